The van der Waals surface area contributed by atoms with Gasteiger partial charge in [-0.2, -0.15) is 0 Å². The zero-order valence-electron chi connectivity index (χ0n) is 10.9. The van der Waals surface area contributed by atoms with E-state index in [0.717, 1.165) is 11.1 Å². The molecule has 0 fully saturated rings. The monoisotopic (exact) mass is 238 g/mol. The van der Waals surface area contributed by atoms with Crippen LogP contribution in [0.1, 0.15) is 30.5 Å². The van der Waals surface area contributed by atoms with E-state index >= 15 is 0 Å². The van der Waals surface area contributed by atoms with Gasteiger partial charge in [-0.1, -0.05) is 62.9 Å². The Morgan fingerprint density at radius 2 is 1.72 bits per heavy atom. The molecule has 18 heavy (non-hydrogen) atoms. The fraction of sp³-hybridized carbons (Fsp3) is 0.176. The third-order valence-electron chi connectivity index (χ3n) is 3.43. The van der Waals surface area contributed by atoms with Crippen molar-refractivity contribution in [3.05, 3.63) is 71.8 Å². The van der Waals surface area contributed by atoms with Crippen LogP contribution in [0.25, 0.3) is 6.08 Å². The lowest BCUT2D eigenvalue weighted by Gasteiger charge is -2.27. The van der Waals surface area contributed by atoms with Crippen LogP contribution in [0.4, 0.5) is 0 Å². The van der Waals surface area contributed by atoms with Crippen molar-refractivity contribution in [2.24, 2.45) is 0 Å². The fourth-order valence-corrected chi connectivity index (χ4v) is 2.19. The Hall–Kier alpha value is -2.02. The average molecular weight is 238 g/mol. The van der Waals surface area contributed by atoms with Crippen LogP contribution in [0, 0.1) is 0 Å². The molecular weight excluding hydrogens is 220 g/mol. The minimum Gasteiger partial charge on any atom is -0.508 e. The molecule has 1 N–H and O–H groups in total. The first kappa shape index (κ1) is 12.4. The van der Waals surface area contributed by atoms with Gasteiger partial charge in [-0.25, -0.2) is 0 Å². The Kier molecular flexibility index (Phi) is 3.24. The van der Waals surface area contributed by atoms with Crippen molar-refractivity contribution in [1.82, 2.24) is 0 Å². The summed E-state index contributed by atoms with van der Waals surface area (Å²) in [5, 5.41) is 10.1. The molecule has 0 amide bonds. The van der Waals surface area contributed by atoms with Crippen molar-refractivity contribution in [2.75, 3.05) is 0 Å². The van der Waals surface area contributed by atoms with E-state index in [1.54, 1.807) is 12.1 Å². The van der Waals surface area contributed by atoms with Gasteiger partial charge in [0.05, 0.1) is 0 Å². The molecule has 0 saturated heterocycles. The predicted octanol–water partition coefficient (Wildman–Crippen LogP) is 4.36. The van der Waals surface area contributed by atoms with Gasteiger partial charge in [0.2, 0.25) is 0 Å². The highest BCUT2D eigenvalue weighted by Crippen LogP contribution is 2.37. The van der Waals surface area contributed by atoms with Crippen LogP contribution < -0.4 is 0 Å². The normalized spacial score (nSPS) is 11.2. The number of phenolic OH excluding ortho intramolecular Hbond substituents is 1. The number of benzene rings is 2. The Morgan fingerprint density at radius 3 is 2.33 bits per heavy atom. The maximum Gasteiger partial charge on any atom is 0.119 e. The first-order valence-electron chi connectivity index (χ1n) is 6.07. The molecule has 0 radical (unpaired) electrons. The van der Waals surface area contributed by atoms with Gasteiger partial charge < -0.3 is 5.11 Å². The summed E-state index contributed by atoms with van der Waals surface area (Å²) >= 11 is 0. The molecule has 0 spiro atoms. The second kappa shape index (κ2) is 4.69. The molecule has 0 aliphatic carbocycles. The summed E-state index contributed by atoms with van der Waals surface area (Å²) in [6, 6.07) is 15.8. The lowest BCUT2D eigenvalue weighted by Crippen LogP contribution is -2.19. The van der Waals surface area contributed by atoms with Crippen molar-refractivity contribution in [3.63, 3.8) is 0 Å². The quantitative estimate of drug-likeness (QED) is 0.842. The molecule has 0 aromatic heterocycles. The zero-order valence-corrected chi connectivity index (χ0v) is 10.9. The van der Waals surface area contributed by atoms with E-state index in [4.69, 9.17) is 0 Å². The fourth-order valence-electron chi connectivity index (χ4n) is 2.19. The second-order valence-corrected chi connectivity index (χ2v) is 4.97. The van der Waals surface area contributed by atoms with Gasteiger partial charge in [0.1, 0.15) is 5.75 Å². The summed E-state index contributed by atoms with van der Waals surface area (Å²) in [7, 11) is 0. The Balaban J connectivity index is 2.56. The largest absolute Gasteiger partial charge is 0.508 e. The summed E-state index contributed by atoms with van der Waals surface area (Å²) in [5.41, 5.74) is 2.89. The molecule has 0 aliphatic heterocycles. The van der Waals surface area contributed by atoms with Crippen LogP contribution in [0.5, 0.6) is 5.75 Å². The highest BCUT2D eigenvalue weighted by Gasteiger charge is 2.25. The first-order valence-corrected chi connectivity index (χ1v) is 6.07. The van der Waals surface area contributed by atoms with Gasteiger partial charge in [-0.05, 0) is 23.3 Å². The highest BCUT2D eigenvalue weighted by atomic mass is 16.3. The van der Waals surface area contributed by atoms with E-state index in [9.17, 15) is 5.11 Å². The maximum atomic E-state index is 10.1. The average Bonchev–Trinajstić information content (AvgIpc) is 2.40. The van der Waals surface area contributed by atoms with Crippen LogP contribution in [0.3, 0.4) is 0 Å². The minimum absolute atomic E-state index is 0.232. The topological polar surface area (TPSA) is 20.2 Å². The third-order valence-corrected chi connectivity index (χ3v) is 3.43. The molecule has 2 rings (SSSR count). The summed E-state index contributed by atoms with van der Waals surface area (Å²) < 4.78 is 0. The van der Waals surface area contributed by atoms with Gasteiger partial charge in [-0.3, -0.25) is 0 Å². The van der Waals surface area contributed by atoms with E-state index in [-0.39, 0.29) is 5.41 Å². The molecule has 0 atom stereocenters. The van der Waals surface area contributed by atoms with E-state index in [0.29, 0.717) is 5.75 Å². The zero-order chi connectivity index (χ0) is 13.2. The summed E-state index contributed by atoms with van der Waals surface area (Å²) in [6.45, 7) is 8.01. The van der Waals surface area contributed by atoms with E-state index in [2.05, 4.69) is 32.6 Å². The van der Waals surface area contributed by atoms with E-state index < -0.39 is 0 Å². The second-order valence-electron chi connectivity index (χ2n) is 4.97. The number of rotatable bonds is 3. The van der Waals surface area contributed by atoms with Crippen molar-refractivity contribution in [3.8, 4) is 5.75 Å². The Morgan fingerprint density at radius 1 is 1.06 bits per heavy atom. The molecule has 0 unspecified atom stereocenters. The summed E-state index contributed by atoms with van der Waals surface area (Å²) in [5.74, 6) is 0.328. The van der Waals surface area contributed by atoms with Crippen molar-refractivity contribution < 1.29 is 5.11 Å². The Labute approximate surface area is 108 Å². The molecule has 2 aromatic rings. The van der Waals surface area contributed by atoms with Crippen LogP contribution in [-0.4, -0.2) is 5.11 Å². The van der Waals surface area contributed by atoms with Crippen molar-refractivity contribution >= 4 is 6.08 Å². The van der Waals surface area contributed by atoms with E-state index in [1.165, 1.54) is 5.56 Å². The molecule has 92 valence electrons. The summed E-state index contributed by atoms with van der Waals surface area (Å²) in [4.78, 5) is 0. The highest BCUT2D eigenvalue weighted by molar-refractivity contribution is 5.55. The molecular formula is C17H18O. The first-order chi connectivity index (χ1) is 8.55. The molecule has 0 saturated carbocycles. The molecule has 0 aliphatic rings. The lowest BCUT2D eigenvalue weighted by atomic mass is 9.77. The molecule has 0 heterocycles. The number of phenols is 1. The standard InChI is InChI=1S/C17H18O/c1-4-13-10-11-16(18)15(12-13)17(2,3)14-8-6-5-7-9-14/h4-12,18H,1H2,2-3H3. The number of hydrogen-bond donors (Lipinski definition) is 1. The maximum absolute atomic E-state index is 10.1. The summed E-state index contributed by atoms with van der Waals surface area (Å²) in [6.07, 6.45) is 1.80. The van der Waals surface area contributed by atoms with Gasteiger partial charge in [0, 0.05) is 11.0 Å². The lowest BCUT2D eigenvalue weighted by molar-refractivity contribution is 0.453. The molecule has 0 bridgehead atoms. The molecule has 1 nitrogen and oxygen atoms in total. The molecule has 2 aromatic carbocycles. The van der Waals surface area contributed by atoms with Crippen LogP contribution in [0.15, 0.2) is 55.1 Å². The van der Waals surface area contributed by atoms with Gasteiger partial charge >= 0.3 is 0 Å². The van der Waals surface area contributed by atoms with Gasteiger partial charge in [0.15, 0.2) is 0 Å². The van der Waals surface area contributed by atoms with E-state index in [1.807, 2.05) is 30.3 Å². The van der Waals surface area contributed by atoms with Crippen molar-refractivity contribution in [2.45, 2.75) is 19.3 Å². The van der Waals surface area contributed by atoms with Gasteiger partial charge in [-0.15, -0.1) is 0 Å². The number of aromatic hydroxyl groups is 1. The van der Waals surface area contributed by atoms with Crippen LogP contribution >= 0.6 is 0 Å². The predicted molar refractivity (Wildman–Crippen MR) is 76.8 cm³/mol. The van der Waals surface area contributed by atoms with Crippen LogP contribution in [0.2, 0.25) is 0 Å². The third kappa shape index (κ3) is 2.17. The van der Waals surface area contributed by atoms with Gasteiger partial charge in [0.25, 0.3) is 0 Å². The van der Waals surface area contributed by atoms with Crippen molar-refractivity contribution in [1.29, 1.82) is 0 Å². The minimum atomic E-state index is -0.232. The SMILES string of the molecule is C=Cc1ccc(O)c(C(C)(C)c2ccccc2)c1. The number of hydrogen-bond acceptors (Lipinski definition) is 1. The smallest absolute Gasteiger partial charge is 0.119 e. The molecule has 1 heteroatoms. The Bertz CT molecular complexity index is 553. The van der Waals surface area contributed by atoms with Crippen LogP contribution in [-0.2, 0) is 5.41 Å².